The van der Waals surface area contributed by atoms with Gasteiger partial charge in [0, 0.05) is 19.3 Å². The summed E-state index contributed by atoms with van der Waals surface area (Å²) in [6.45, 7) is 3.69. The normalized spacial score (nSPS) is 15.4. The molecule has 1 N–H and O–H groups in total. The van der Waals surface area contributed by atoms with Crippen LogP contribution in [0.4, 0.5) is 10.5 Å². The van der Waals surface area contributed by atoms with Gasteiger partial charge in [0.25, 0.3) is 0 Å². The average molecular weight is 205 g/mol. The Morgan fingerprint density at radius 2 is 2.13 bits per heavy atom. The van der Waals surface area contributed by atoms with Crippen LogP contribution in [-0.4, -0.2) is 29.0 Å². The van der Waals surface area contributed by atoms with Gasteiger partial charge in [-0.25, -0.2) is 4.79 Å². The van der Waals surface area contributed by atoms with Crippen molar-refractivity contribution in [1.29, 1.82) is 0 Å². The molecule has 2 rings (SSSR count). The molecule has 4 heteroatoms. The number of carbonyl (C=O) groups is 1. The van der Waals surface area contributed by atoms with Gasteiger partial charge in [-0.05, 0) is 31.4 Å². The molecule has 0 spiro atoms. The molecule has 80 valence electrons. The first-order chi connectivity index (χ1) is 7.25. The fraction of sp³-hybridized carbons (Fsp3) is 0.455. The van der Waals surface area contributed by atoms with Crippen molar-refractivity contribution >= 4 is 11.7 Å². The van der Waals surface area contributed by atoms with E-state index in [-0.39, 0.29) is 6.03 Å². The molecule has 2 amide bonds. The van der Waals surface area contributed by atoms with Gasteiger partial charge in [-0.1, -0.05) is 0 Å². The summed E-state index contributed by atoms with van der Waals surface area (Å²) in [6.07, 6.45) is 5.66. The third-order valence-electron chi connectivity index (χ3n) is 2.52. The summed E-state index contributed by atoms with van der Waals surface area (Å²) in [5.41, 5.74) is 1.82. The summed E-state index contributed by atoms with van der Waals surface area (Å²) in [5.74, 6) is 0. The number of urea groups is 1. The Labute approximate surface area is 89.3 Å². The van der Waals surface area contributed by atoms with Crippen molar-refractivity contribution in [3.63, 3.8) is 0 Å². The van der Waals surface area contributed by atoms with Crippen molar-refractivity contribution in [1.82, 2.24) is 9.88 Å². The Morgan fingerprint density at radius 1 is 1.40 bits per heavy atom. The van der Waals surface area contributed by atoms with Crippen molar-refractivity contribution in [2.45, 2.75) is 19.8 Å². The molecule has 4 nitrogen and oxygen atoms in total. The van der Waals surface area contributed by atoms with Gasteiger partial charge < -0.3 is 10.2 Å². The maximum Gasteiger partial charge on any atom is 0.321 e. The molecule has 1 aromatic rings. The summed E-state index contributed by atoms with van der Waals surface area (Å²) in [6, 6.07) is 1.90. The molecule has 0 radical (unpaired) electrons. The zero-order chi connectivity index (χ0) is 10.7. The zero-order valence-electron chi connectivity index (χ0n) is 8.86. The number of carbonyl (C=O) groups excluding carboxylic acids is 1. The predicted octanol–water partition coefficient (Wildman–Crippen LogP) is 2.02. The third-order valence-corrected chi connectivity index (χ3v) is 2.52. The van der Waals surface area contributed by atoms with Gasteiger partial charge in [-0.3, -0.25) is 4.98 Å². The van der Waals surface area contributed by atoms with Crippen molar-refractivity contribution in [3.05, 3.63) is 24.0 Å². The summed E-state index contributed by atoms with van der Waals surface area (Å²) in [4.78, 5) is 17.6. The molecule has 1 aliphatic rings. The number of amides is 2. The smallest absolute Gasteiger partial charge is 0.321 e. The van der Waals surface area contributed by atoms with Crippen molar-refractivity contribution in [2.75, 3.05) is 18.4 Å². The number of anilines is 1. The van der Waals surface area contributed by atoms with Crippen molar-refractivity contribution in [3.8, 4) is 0 Å². The lowest BCUT2D eigenvalue weighted by Gasteiger charge is -2.15. The molecule has 0 unspecified atom stereocenters. The molecule has 1 fully saturated rings. The van der Waals surface area contributed by atoms with Crippen LogP contribution in [0, 0.1) is 6.92 Å². The minimum absolute atomic E-state index is 0.0140. The molecule has 0 saturated carbocycles. The monoisotopic (exact) mass is 205 g/mol. The van der Waals surface area contributed by atoms with E-state index in [9.17, 15) is 4.79 Å². The molecular formula is C11H15N3O. The molecule has 1 aliphatic heterocycles. The largest absolute Gasteiger partial charge is 0.325 e. The Morgan fingerprint density at radius 3 is 2.80 bits per heavy atom. The number of likely N-dealkylation sites (tertiary alicyclic amines) is 1. The highest BCUT2D eigenvalue weighted by Crippen LogP contribution is 2.12. The molecule has 2 heterocycles. The molecule has 1 saturated heterocycles. The Hall–Kier alpha value is -1.58. The van der Waals surface area contributed by atoms with E-state index >= 15 is 0 Å². The summed E-state index contributed by atoms with van der Waals surface area (Å²) < 4.78 is 0. The Balaban J connectivity index is 1.99. The van der Waals surface area contributed by atoms with E-state index in [1.165, 1.54) is 0 Å². The number of hydrogen-bond donors (Lipinski definition) is 1. The lowest BCUT2D eigenvalue weighted by atomic mass is 10.3. The van der Waals surface area contributed by atoms with E-state index < -0.39 is 0 Å². The van der Waals surface area contributed by atoms with Gasteiger partial charge in [-0.15, -0.1) is 0 Å². The molecule has 15 heavy (non-hydrogen) atoms. The van der Waals surface area contributed by atoms with Crippen LogP contribution in [-0.2, 0) is 0 Å². The van der Waals surface area contributed by atoms with Crippen LogP contribution in [0.5, 0.6) is 0 Å². The van der Waals surface area contributed by atoms with Gasteiger partial charge in [-0.2, -0.15) is 0 Å². The predicted molar refractivity (Wildman–Crippen MR) is 58.8 cm³/mol. The van der Waals surface area contributed by atoms with E-state index in [0.717, 1.165) is 37.2 Å². The van der Waals surface area contributed by atoms with E-state index in [1.807, 2.05) is 17.9 Å². The number of aryl methyl sites for hydroxylation is 1. The van der Waals surface area contributed by atoms with Gasteiger partial charge >= 0.3 is 6.03 Å². The fourth-order valence-corrected chi connectivity index (χ4v) is 1.75. The topological polar surface area (TPSA) is 45.2 Å². The van der Waals surface area contributed by atoms with Gasteiger partial charge in [0.2, 0.25) is 0 Å². The number of nitrogens with one attached hydrogen (secondary N) is 1. The van der Waals surface area contributed by atoms with Crippen LogP contribution in [0.2, 0.25) is 0 Å². The number of pyridine rings is 1. The van der Waals surface area contributed by atoms with E-state index in [4.69, 9.17) is 0 Å². The number of rotatable bonds is 1. The summed E-state index contributed by atoms with van der Waals surface area (Å²) in [5, 5.41) is 2.85. The molecule has 0 aliphatic carbocycles. The summed E-state index contributed by atoms with van der Waals surface area (Å²) in [7, 11) is 0. The van der Waals surface area contributed by atoms with Crippen LogP contribution in [0.1, 0.15) is 18.4 Å². The SMILES string of the molecule is Cc1cncc(NC(=O)N2CCCC2)c1. The van der Waals surface area contributed by atoms with Crippen LogP contribution < -0.4 is 5.32 Å². The first-order valence-corrected chi connectivity index (χ1v) is 5.23. The Bertz CT molecular complexity index is 359. The lowest BCUT2D eigenvalue weighted by molar-refractivity contribution is 0.222. The number of aromatic nitrogens is 1. The van der Waals surface area contributed by atoms with Gasteiger partial charge in [0.05, 0.1) is 11.9 Å². The van der Waals surface area contributed by atoms with Crippen LogP contribution in [0.25, 0.3) is 0 Å². The maximum atomic E-state index is 11.7. The molecular weight excluding hydrogens is 190 g/mol. The second kappa shape index (κ2) is 4.29. The van der Waals surface area contributed by atoms with Crippen molar-refractivity contribution < 1.29 is 4.79 Å². The highest BCUT2D eigenvalue weighted by atomic mass is 16.2. The number of hydrogen-bond acceptors (Lipinski definition) is 2. The van der Waals surface area contributed by atoms with Crippen LogP contribution in [0.3, 0.4) is 0 Å². The molecule has 0 aromatic carbocycles. The second-order valence-electron chi connectivity index (χ2n) is 3.88. The molecule has 1 aromatic heterocycles. The second-order valence-corrected chi connectivity index (χ2v) is 3.88. The Kier molecular flexibility index (Phi) is 2.85. The minimum Gasteiger partial charge on any atom is -0.325 e. The maximum absolute atomic E-state index is 11.7. The molecule has 0 bridgehead atoms. The summed E-state index contributed by atoms with van der Waals surface area (Å²) >= 11 is 0. The van der Waals surface area contributed by atoms with E-state index in [2.05, 4.69) is 10.3 Å². The zero-order valence-corrected chi connectivity index (χ0v) is 8.86. The number of nitrogens with zero attached hydrogens (tertiary/aromatic N) is 2. The third kappa shape index (κ3) is 2.46. The van der Waals surface area contributed by atoms with Crippen LogP contribution in [0.15, 0.2) is 18.5 Å². The first kappa shape index (κ1) is 9.96. The average Bonchev–Trinajstić information content (AvgIpc) is 2.70. The molecule has 0 atom stereocenters. The standard InChI is InChI=1S/C11H15N3O/c1-9-6-10(8-12-7-9)13-11(15)14-4-2-3-5-14/h6-8H,2-5H2,1H3,(H,13,15). The minimum atomic E-state index is -0.0140. The lowest BCUT2D eigenvalue weighted by Crippen LogP contribution is -2.32. The highest BCUT2D eigenvalue weighted by Gasteiger charge is 2.17. The quantitative estimate of drug-likeness (QED) is 0.762. The van der Waals surface area contributed by atoms with E-state index in [1.54, 1.807) is 12.4 Å². The first-order valence-electron chi connectivity index (χ1n) is 5.23. The van der Waals surface area contributed by atoms with Gasteiger partial charge in [0.15, 0.2) is 0 Å². The highest BCUT2D eigenvalue weighted by molar-refractivity contribution is 5.89. The van der Waals surface area contributed by atoms with Gasteiger partial charge in [0.1, 0.15) is 0 Å². The fourth-order valence-electron chi connectivity index (χ4n) is 1.75. The van der Waals surface area contributed by atoms with E-state index in [0.29, 0.717) is 0 Å². The van der Waals surface area contributed by atoms with Crippen LogP contribution >= 0.6 is 0 Å². The van der Waals surface area contributed by atoms with Crippen molar-refractivity contribution in [2.24, 2.45) is 0 Å².